The fourth-order valence-electron chi connectivity index (χ4n) is 9.00. The molecule has 9 heteroatoms. The van der Waals surface area contributed by atoms with E-state index in [1.165, 1.54) is 120 Å². The maximum Gasteiger partial charge on any atom is 0.305 e. The Balaban J connectivity index is 1.22. The lowest BCUT2D eigenvalue weighted by atomic mass is 10.0. The molecule has 0 bridgehead atoms. The monoisotopic (exact) mass is 800 g/mol. The predicted octanol–water partition coefficient (Wildman–Crippen LogP) is 11.0. The second-order valence-corrected chi connectivity index (χ2v) is 22.8. The molecule has 0 saturated heterocycles. The lowest BCUT2D eigenvalue weighted by Crippen LogP contribution is -2.64. The van der Waals surface area contributed by atoms with Crippen LogP contribution in [0.3, 0.4) is 0 Å². The highest BCUT2D eigenvalue weighted by molar-refractivity contribution is 7.04. The van der Waals surface area contributed by atoms with Crippen LogP contribution in [0.5, 0.6) is 0 Å². The van der Waals surface area contributed by atoms with Crippen LogP contribution in [0.2, 0.25) is 11.1 Å². The number of nitrogens with one attached hydrogen (secondary N) is 2. The van der Waals surface area contributed by atoms with Gasteiger partial charge in [-0.2, -0.15) is 4.98 Å². The number of nitrogens with two attached hydrogens (primary N) is 1. The topological polar surface area (TPSA) is 113 Å². The van der Waals surface area contributed by atoms with Gasteiger partial charge in [0, 0.05) is 18.9 Å². The van der Waals surface area contributed by atoms with E-state index in [0.29, 0.717) is 37.7 Å². The van der Waals surface area contributed by atoms with Crippen LogP contribution >= 0.6 is 0 Å². The number of benzene rings is 2. The molecule has 4 rings (SSSR count). The first-order chi connectivity index (χ1) is 27.7. The summed E-state index contributed by atoms with van der Waals surface area (Å²) in [6, 6.07) is 23.0. The highest BCUT2D eigenvalue weighted by Gasteiger charge is 2.47. The zero-order valence-electron chi connectivity index (χ0n) is 36.2. The van der Waals surface area contributed by atoms with Gasteiger partial charge in [-0.3, -0.25) is 14.6 Å². The lowest BCUT2D eigenvalue weighted by Gasteiger charge is -2.45. The maximum absolute atomic E-state index is 13.1. The molecule has 1 atom stereocenters. The molecule has 0 saturated carbocycles. The number of hydrogen-bond acceptors (Lipinski definition) is 7. The van der Waals surface area contributed by atoms with Crippen molar-refractivity contribution in [1.82, 2.24) is 9.97 Å². The number of aromatic amines is 1. The van der Waals surface area contributed by atoms with Crippen LogP contribution in [0.25, 0.3) is 0 Å². The van der Waals surface area contributed by atoms with E-state index in [-0.39, 0.29) is 28.4 Å². The van der Waals surface area contributed by atoms with Crippen LogP contribution in [-0.4, -0.2) is 43.8 Å². The van der Waals surface area contributed by atoms with Crippen molar-refractivity contribution in [3.8, 4) is 0 Å². The second-order valence-electron chi connectivity index (χ2n) is 17.8. The number of fused-ring (bicyclic) bond motifs is 1. The molecule has 4 N–H and O–H groups in total. The van der Waals surface area contributed by atoms with E-state index in [4.69, 9.17) is 10.5 Å². The van der Waals surface area contributed by atoms with Crippen molar-refractivity contribution >= 4 is 41.9 Å². The summed E-state index contributed by atoms with van der Waals surface area (Å²) in [7, 11) is -2.34. The molecule has 0 radical (unpaired) electrons. The number of aromatic nitrogens is 2. The molecular formula is C48H77N5O3Si. The van der Waals surface area contributed by atoms with E-state index in [1.54, 1.807) is 0 Å². The number of nitrogens with zero attached hydrogens (tertiary/aromatic N) is 2. The fourth-order valence-corrected chi connectivity index (χ4v) is 14.8. The van der Waals surface area contributed by atoms with Crippen molar-refractivity contribution in [2.24, 2.45) is 5.92 Å². The molecule has 2 heterocycles. The number of anilines is 3. The van der Waals surface area contributed by atoms with Gasteiger partial charge in [0.25, 0.3) is 5.56 Å². The summed E-state index contributed by atoms with van der Waals surface area (Å²) in [5.41, 5.74) is 6.14. The van der Waals surface area contributed by atoms with Crippen molar-refractivity contribution < 1.29 is 9.53 Å². The minimum Gasteiger partial charge on any atom is -0.465 e. The van der Waals surface area contributed by atoms with Crippen LogP contribution < -0.4 is 31.9 Å². The van der Waals surface area contributed by atoms with Gasteiger partial charge in [-0.05, 0) is 23.9 Å². The van der Waals surface area contributed by atoms with Gasteiger partial charge in [-0.15, -0.1) is 0 Å². The molecule has 0 spiro atoms. The summed E-state index contributed by atoms with van der Waals surface area (Å²) in [6.07, 6.45) is 26.6. The predicted molar refractivity (Wildman–Crippen MR) is 245 cm³/mol. The third-order valence-electron chi connectivity index (χ3n) is 12.3. The van der Waals surface area contributed by atoms with Crippen molar-refractivity contribution in [2.75, 3.05) is 35.8 Å². The molecule has 1 aromatic heterocycles. The normalized spacial score (nSPS) is 13.4. The van der Waals surface area contributed by atoms with Gasteiger partial charge in [-0.1, -0.05) is 214 Å². The minimum absolute atomic E-state index is 0.0223. The van der Waals surface area contributed by atoms with E-state index < -0.39 is 8.07 Å². The quantitative estimate of drug-likeness (QED) is 0.0364. The van der Waals surface area contributed by atoms with Crippen molar-refractivity contribution in [3.05, 3.63) is 71.0 Å². The van der Waals surface area contributed by atoms with Crippen molar-refractivity contribution in [3.63, 3.8) is 0 Å². The highest BCUT2D eigenvalue weighted by atomic mass is 28.3. The molecule has 2 aromatic carbocycles. The molecule has 1 aliphatic rings. The smallest absolute Gasteiger partial charge is 0.305 e. The zero-order valence-corrected chi connectivity index (χ0v) is 37.2. The van der Waals surface area contributed by atoms with Crippen LogP contribution in [-0.2, 0) is 9.53 Å². The van der Waals surface area contributed by atoms with E-state index in [2.05, 4.69) is 109 Å². The SMILES string of the molecule is CCCCCCCCCCCCCCCCCCCCCC(=O)OCC(CC[Si](c1ccccc1)(c1ccccc1)C(C)(C)C)CN1CNc2c1nc(N)[nH]c2=O. The largest absolute Gasteiger partial charge is 0.465 e. The summed E-state index contributed by atoms with van der Waals surface area (Å²) in [4.78, 5) is 34.9. The number of rotatable bonds is 29. The highest BCUT2D eigenvalue weighted by Crippen LogP contribution is 2.40. The van der Waals surface area contributed by atoms with Gasteiger partial charge in [0.15, 0.2) is 5.82 Å². The summed E-state index contributed by atoms with van der Waals surface area (Å²) in [5, 5.41) is 6.06. The van der Waals surface area contributed by atoms with Crippen molar-refractivity contribution in [2.45, 2.75) is 174 Å². The molecule has 0 fully saturated rings. The van der Waals surface area contributed by atoms with Gasteiger partial charge in [0.1, 0.15) is 13.8 Å². The van der Waals surface area contributed by atoms with E-state index in [0.717, 1.165) is 25.3 Å². The van der Waals surface area contributed by atoms with E-state index >= 15 is 0 Å². The van der Waals surface area contributed by atoms with Crippen molar-refractivity contribution in [1.29, 1.82) is 0 Å². The number of carbonyl (C=O) groups is 1. The average molecular weight is 800 g/mol. The molecular weight excluding hydrogens is 723 g/mol. The zero-order chi connectivity index (χ0) is 40.8. The number of H-pyrrole nitrogens is 1. The summed E-state index contributed by atoms with van der Waals surface area (Å²) in [6.45, 7) is 10.8. The number of nitrogen functional groups attached to an aromatic ring is 1. The minimum atomic E-state index is -2.34. The first-order valence-corrected chi connectivity index (χ1v) is 25.0. The Labute approximate surface area is 346 Å². The summed E-state index contributed by atoms with van der Waals surface area (Å²) in [5.74, 6) is 0.585. The Bertz CT molecular complexity index is 1570. The van der Waals surface area contributed by atoms with Gasteiger partial charge in [-0.25, -0.2) is 0 Å². The summed E-state index contributed by atoms with van der Waals surface area (Å²) < 4.78 is 6.07. The first-order valence-electron chi connectivity index (χ1n) is 22.8. The Morgan fingerprint density at radius 2 is 1.25 bits per heavy atom. The Kier molecular flexibility index (Phi) is 20.2. The molecule has 0 aliphatic carbocycles. The fraction of sp³-hybridized carbons (Fsp3) is 0.646. The Morgan fingerprint density at radius 1 is 0.772 bits per heavy atom. The standard InChI is InChI=1S/C48H77N5O3Si/c1-5-6-7-8-9-10-11-12-13-14-15-16-17-18-19-20-21-22-29-34-43(54)56-38-40(37-53-39-50-44-45(53)51-47(49)52-46(44)55)35-36-57(48(2,3)4,41-30-25-23-26-31-41)42-32-27-24-28-33-42/h23-28,30-33,40,50H,5-22,29,34-39H2,1-4H3,(H3,49,51,52,55). The first kappa shape index (κ1) is 46.1. The second kappa shape index (κ2) is 25.0. The average Bonchev–Trinajstić information content (AvgIpc) is 3.60. The maximum atomic E-state index is 13.1. The third-order valence-corrected chi connectivity index (χ3v) is 18.6. The van der Waals surface area contributed by atoms with Gasteiger partial charge in [0.2, 0.25) is 5.95 Å². The van der Waals surface area contributed by atoms with E-state index in [9.17, 15) is 9.59 Å². The number of carbonyl (C=O) groups excluding carboxylic acids is 1. The molecule has 0 amide bonds. The molecule has 8 nitrogen and oxygen atoms in total. The molecule has 1 unspecified atom stereocenters. The third kappa shape index (κ3) is 14.9. The lowest BCUT2D eigenvalue weighted by molar-refractivity contribution is -0.145. The van der Waals surface area contributed by atoms with Crippen LogP contribution in [0.15, 0.2) is 65.5 Å². The number of unbranched alkanes of at least 4 members (excludes halogenated alkanes) is 18. The number of ether oxygens (including phenoxy) is 1. The molecule has 3 aromatic rings. The Morgan fingerprint density at radius 3 is 1.72 bits per heavy atom. The van der Waals surface area contributed by atoms with Crippen LogP contribution in [0.1, 0.15) is 163 Å². The van der Waals surface area contributed by atoms with Gasteiger partial charge >= 0.3 is 5.97 Å². The Hall–Kier alpha value is -3.59. The number of hydrogen-bond donors (Lipinski definition) is 3. The molecule has 1 aliphatic heterocycles. The number of esters is 1. The van der Waals surface area contributed by atoms with Gasteiger partial charge < -0.3 is 20.7 Å². The van der Waals surface area contributed by atoms with Gasteiger partial charge in [0.05, 0.1) is 13.3 Å². The molecule has 57 heavy (non-hydrogen) atoms. The van der Waals surface area contributed by atoms with Crippen LogP contribution in [0.4, 0.5) is 17.5 Å². The van der Waals surface area contributed by atoms with E-state index in [1.807, 2.05) is 0 Å². The van der Waals surface area contributed by atoms with Crippen LogP contribution in [0, 0.1) is 5.92 Å². The molecule has 316 valence electrons. The summed E-state index contributed by atoms with van der Waals surface area (Å²) >= 11 is 0.